The fourth-order valence-corrected chi connectivity index (χ4v) is 4.84. The van der Waals surface area contributed by atoms with Gasteiger partial charge in [-0.15, -0.1) is 0 Å². The molecule has 1 N–H and O–H groups in total. The van der Waals surface area contributed by atoms with E-state index < -0.39 is 0 Å². The Bertz CT molecular complexity index is 852. The van der Waals surface area contributed by atoms with Crippen LogP contribution in [0.15, 0.2) is 24.5 Å². The van der Waals surface area contributed by atoms with Crippen LogP contribution in [-0.2, 0) is 23.3 Å². The number of nitrogens with zero attached hydrogens (tertiary/aromatic N) is 3. The molecular formula is C22H30N4O2. The van der Waals surface area contributed by atoms with Gasteiger partial charge >= 0.3 is 0 Å². The van der Waals surface area contributed by atoms with Gasteiger partial charge in [0, 0.05) is 50.3 Å². The second-order valence-corrected chi connectivity index (χ2v) is 8.00. The summed E-state index contributed by atoms with van der Waals surface area (Å²) in [4.78, 5) is 25.3. The first kappa shape index (κ1) is 19.0. The fourth-order valence-electron chi connectivity index (χ4n) is 4.84. The highest BCUT2D eigenvalue weighted by Gasteiger charge is 2.48. The Morgan fingerprint density at radius 1 is 1.29 bits per heavy atom. The molecule has 1 aromatic heterocycles. The highest BCUT2D eigenvalue weighted by atomic mass is 16.5. The molecule has 1 saturated heterocycles. The van der Waals surface area contributed by atoms with E-state index in [1.165, 1.54) is 16.8 Å². The third-order valence-electron chi connectivity index (χ3n) is 6.38. The van der Waals surface area contributed by atoms with E-state index in [1.54, 1.807) is 13.4 Å². The predicted octanol–water partition coefficient (Wildman–Crippen LogP) is 3.01. The number of ether oxygens (including phenoxy) is 1. The smallest absolute Gasteiger partial charge is 0.223 e. The van der Waals surface area contributed by atoms with E-state index in [2.05, 4.69) is 44.9 Å². The minimum atomic E-state index is -0.255. The minimum absolute atomic E-state index is 0.238. The van der Waals surface area contributed by atoms with Crippen molar-refractivity contribution in [2.24, 2.45) is 0 Å². The molecular weight excluding hydrogens is 352 g/mol. The molecule has 0 radical (unpaired) electrons. The molecule has 0 saturated carbocycles. The molecule has 2 aliphatic rings. The summed E-state index contributed by atoms with van der Waals surface area (Å²) in [6, 6.07) is 6.40. The number of carbonyl (C=O) groups excluding carboxylic acids is 1. The molecule has 150 valence electrons. The van der Waals surface area contributed by atoms with Crippen LogP contribution in [0, 0.1) is 6.92 Å². The Morgan fingerprint density at radius 2 is 2.07 bits per heavy atom. The van der Waals surface area contributed by atoms with Crippen LogP contribution >= 0.6 is 0 Å². The first-order valence-electron chi connectivity index (χ1n) is 10.3. The molecule has 4 rings (SSSR count). The van der Waals surface area contributed by atoms with Crippen molar-refractivity contribution in [3.05, 3.63) is 47.0 Å². The van der Waals surface area contributed by atoms with Crippen LogP contribution in [-0.4, -0.2) is 52.4 Å². The maximum absolute atomic E-state index is 12.7. The number of H-pyrrole nitrogens is 1. The Hall–Kier alpha value is -2.34. The summed E-state index contributed by atoms with van der Waals surface area (Å²) < 4.78 is 5.58. The average molecular weight is 383 g/mol. The first-order chi connectivity index (χ1) is 13.6. The van der Waals surface area contributed by atoms with Crippen LogP contribution in [0.5, 0.6) is 5.75 Å². The Morgan fingerprint density at radius 3 is 2.79 bits per heavy atom. The van der Waals surface area contributed by atoms with Gasteiger partial charge in [0.15, 0.2) is 0 Å². The molecule has 0 aliphatic carbocycles. The van der Waals surface area contributed by atoms with Crippen LogP contribution in [0.2, 0.25) is 0 Å². The van der Waals surface area contributed by atoms with Crippen molar-refractivity contribution in [1.82, 2.24) is 19.8 Å². The Labute approximate surface area is 166 Å². The van der Waals surface area contributed by atoms with Gasteiger partial charge < -0.3 is 14.6 Å². The van der Waals surface area contributed by atoms with E-state index in [4.69, 9.17) is 4.74 Å². The molecule has 1 aromatic carbocycles. The van der Waals surface area contributed by atoms with Gasteiger partial charge in [-0.1, -0.05) is 19.1 Å². The number of benzene rings is 1. The Kier molecular flexibility index (Phi) is 5.15. The largest absolute Gasteiger partial charge is 0.496 e. The van der Waals surface area contributed by atoms with Crippen molar-refractivity contribution in [3.8, 4) is 5.75 Å². The topological polar surface area (TPSA) is 61.5 Å². The normalized spacial score (nSPS) is 18.9. The molecule has 3 heterocycles. The van der Waals surface area contributed by atoms with E-state index in [1.807, 2.05) is 6.92 Å². The van der Waals surface area contributed by atoms with Gasteiger partial charge in [-0.3, -0.25) is 9.69 Å². The number of fused-ring (bicyclic) bond motifs is 2. The zero-order chi connectivity index (χ0) is 19.7. The summed E-state index contributed by atoms with van der Waals surface area (Å²) in [7, 11) is 1.73. The number of methoxy groups -OCH3 is 1. The highest BCUT2D eigenvalue weighted by molar-refractivity contribution is 5.77. The number of piperidine rings is 1. The number of nitrogens with one attached hydrogen (secondary N) is 1. The minimum Gasteiger partial charge on any atom is -0.496 e. The van der Waals surface area contributed by atoms with Gasteiger partial charge in [0.1, 0.15) is 5.75 Å². The van der Waals surface area contributed by atoms with Gasteiger partial charge in [0.05, 0.1) is 24.7 Å². The lowest BCUT2D eigenvalue weighted by molar-refractivity contribution is -0.141. The van der Waals surface area contributed by atoms with E-state index in [0.717, 1.165) is 56.9 Å². The number of imidazole rings is 1. The number of carbonyl (C=O) groups is 1. The summed E-state index contributed by atoms with van der Waals surface area (Å²) in [5.41, 5.74) is 4.46. The molecule has 0 bridgehead atoms. The summed E-state index contributed by atoms with van der Waals surface area (Å²) >= 11 is 0. The summed E-state index contributed by atoms with van der Waals surface area (Å²) in [6.45, 7) is 7.58. The summed E-state index contributed by atoms with van der Waals surface area (Å²) in [5.74, 6) is 1.19. The van der Waals surface area contributed by atoms with Crippen LogP contribution < -0.4 is 4.74 Å². The second-order valence-electron chi connectivity index (χ2n) is 8.00. The number of amides is 1. The van der Waals surface area contributed by atoms with Crippen LogP contribution in [0.3, 0.4) is 0 Å². The van der Waals surface area contributed by atoms with E-state index in [9.17, 15) is 4.79 Å². The number of aryl methyl sites for hydroxylation is 1. The zero-order valence-electron chi connectivity index (χ0n) is 17.1. The number of rotatable bonds is 4. The lowest BCUT2D eigenvalue weighted by Crippen LogP contribution is -2.58. The number of aromatic nitrogens is 2. The summed E-state index contributed by atoms with van der Waals surface area (Å²) in [6.07, 6.45) is 5.05. The van der Waals surface area contributed by atoms with Crippen LogP contribution in [0.1, 0.15) is 48.7 Å². The lowest BCUT2D eigenvalue weighted by atomic mass is 9.78. The quantitative estimate of drug-likeness (QED) is 0.883. The average Bonchev–Trinajstić information content (AvgIpc) is 3.20. The first-order valence-corrected chi connectivity index (χ1v) is 10.3. The van der Waals surface area contributed by atoms with Crippen molar-refractivity contribution >= 4 is 5.91 Å². The molecule has 2 aliphatic heterocycles. The number of likely N-dealkylation sites (tertiary alicyclic amines) is 1. The van der Waals surface area contributed by atoms with E-state index >= 15 is 0 Å². The molecule has 0 unspecified atom stereocenters. The molecule has 0 atom stereocenters. The van der Waals surface area contributed by atoms with Crippen molar-refractivity contribution in [2.75, 3.05) is 26.7 Å². The molecule has 6 nitrogen and oxygen atoms in total. The van der Waals surface area contributed by atoms with Gasteiger partial charge in [-0.2, -0.15) is 0 Å². The number of aromatic amines is 1. The predicted molar refractivity (Wildman–Crippen MR) is 108 cm³/mol. The van der Waals surface area contributed by atoms with Gasteiger partial charge in [0.25, 0.3) is 0 Å². The third-order valence-corrected chi connectivity index (χ3v) is 6.38. The monoisotopic (exact) mass is 382 g/mol. The third kappa shape index (κ3) is 3.20. The van der Waals surface area contributed by atoms with Crippen molar-refractivity contribution in [2.45, 2.75) is 51.6 Å². The Balaban J connectivity index is 1.54. The fraction of sp³-hybridized carbons (Fsp3) is 0.545. The maximum atomic E-state index is 12.7. The summed E-state index contributed by atoms with van der Waals surface area (Å²) in [5, 5.41) is 0. The number of hydrogen-bond acceptors (Lipinski definition) is 4. The van der Waals surface area contributed by atoms with Gasteiger partial charge in [-0.05, 0) is 31.4 Å². The highest BCUT2D eigenvalue weighted by Crippen LogP contribution is 2.43. The van der Waals surface area contributed by atoms with E-state index in [0.29, 0.717) is 6.42 Å². The lowest BCUT2D eigenvalue weighted by Gasteiger charge is -2.50. The molecule has 1 amide bonds. The molecule has 1 spiro atoms. The van der Waals surface area contributed by atoms with E-state index in [-0.39, 0.29) is 11.4 Å². The molecule has 2 aromatic rings. The standard InChI is InChI=1S/C22H30N4O2/c1-4-20(27)26-10-7-18-21(24-15-23-18)22(26)8-11-25(12-9-22)14-17-6-5-16(2)13-19(17)28-3/h5-6,13,15H,4,7-12,14H2,1-3H3,(H,23,24). The number of hydrogen-bond donors (Lipinski definition) is 1. The SMILES string of the molecule is CCC(=O)N1CCc2[nH]cnc2C12CCN(Cc1ccc(C)cc1OC)CC2. The zero-order valence-corrected chi connectivity index (χ0v) is 17.1. The van der Waals surface area contributed by atoms with Crippen molar-refractivity contribution < 1.29 is 9.53 Å². The van der Waals surface area contributed by atoms with Crippen molar-refractivity contribution in [1.29, 1.82) is 0 Å². The van der Waals surface area contributed by atoms with Gasteiger partial charge in [-0.25, -0.2) is 4.98 Å². The molecule has 28 heavy (non-hydrogen) atoms. The maximum Gasteiger partial charge on any atom is 0.223 e. The van der Waals surface area contributed by atoms with Crippen LogP contribution in [0.4, 0.5) is 0 Å². The molecule has 1 fully saturated rings. The van der Waals surface area contributed by atoms with Gasteiger partial charge in [0.2, 0.25) is 5.91 Å². The van der Waals surface area contributed by atoms with Crippen molar-refractivity contribution in [3.63, 3.8) is 0 Å². The second kappa shape index (κ2) is 7.59. The molecule has 6 heteroatoms. The van der Waals surface area contributed by atoms with Crippen LogP contribution in [0.25, 0.3) is 0 Å².